The molecule has 0 spiro atoms. The average Bonchev–Trinajstić information content (AvgIpc) is 2.66. The van der Waals surface area contributed by atoms with Gasteiger partial charge in [0.1, 0.15) is 17.1 Å². The Morgan fingerprint density at radius 3 is 2.38 bits per heavy atom. The van der Waals surface area contributed by atoms with Crippen LogP contribution in [0.5, 0.6) is 11.5 Å². The smallest absolute Gasteiger partial charge is 0.342 e. The van der Waals surface area contributed by atoms with E-state index < -0.39 is 23.3 Å². The number of hydrogen-bond donors (Lipinski definition) is 0. The minimum absolute atomic E-state index is 0.120. The van der Waals surface area contributed by atoms with Crippen LogP contribution < -0.4 is 9.47 Å². The molecule has 0 radical (unpaired) electrons. The molecule has 0 unspecified atom stereocenters. The topological polar surface area (TPSA) is 105 Å². The quantitative estimate of drug-likeness (QED) is 0.309. The number of Topliss-reactive ketones (excluding diaryl/α,β-unsaturated/α-hetero) is 1. The van der Waals surface area contributed by atoms with Gasteiger partial charge in [0.15, 0.2) is 12.4 Å². The van der Waals surface area contributed by atoms with Gasteiger partial charge in [-0.1, -0.05) is 0 Å². The molecule has 8 nitrogen and oxygen atoms in total. The largest absolute Gasteiger partial charge is 0.496 e. The summed E-state index contributed by atoms with van der Waals surface area (Å²) in [5.41, 5.74) is -0.0518. The first kappa shape index (κ1) is 18.9. The highest BCUT2D eigenvalue weighted by atomic mass is 16.6. The highest BCUT2D eigenvalue weighted by Crippen LogP contribution is 2.24. The number of nitro benzene ring substituents is 1. The van der Waals surface area contributed by atoms with Gasteiger partial charge in [0.05, 0.1) is 18.6 Å². The number of non-ortho nitro benzene ring substituents is 1. The monoisotopic (exact) mass is 359 g/mol. The van der Waals surface area contributed by atoms with Crippen LogP contribution in [0.1, 0.15) is 27.6 Å². The number of carbonyl (C=O) groups excluding carboxylic acids is 2. The first-order chi connectivity index (χ1) is 12.5. The normalized spacial score (nSPS) is 10.1. The highest BCUT2D eigenvalue weighted by molar-refractivity contribution is 6.00. The summed E-state index contributed by atoms with van der Waals surface area (Å²) in [7, 11) is 1.32. The Hall–Kier alpha value is -3.42. The molecule has 2 aromatic carbocycles. The van der Waals surface area contributed by atoms with Crippen molar-refractivity contribution in [1.82, 2.24) is 0 Å². The molecule has 26 heavy (non-hydrogen) atoms. The van der Waals surface area contributed by atoms with Crippen molar-refractivity contribution in [2.75, 3.05) is 20.3 Å². The molecule has 0 aliphatic carbocycles. The summed E-state index contributed by atoms with van der Waals surface area (Å²) in [6, 6.07) is 9.96. The zero-order valence-corrected chi connectivity index (χ0v) is 14.3. The summed E-state index contributed by atoms with van der Waals surface area (Å²) in [4.78, 5) is 34.5. The number of benzene rings is 2. The second kappa shape index (κ2) is 8.61. The molecule has 0 N–H and O–H groups in total. The van der Waals surface area contributed by atoms with Crippen LogP contribution in [-0.4, -0.2) is 37.0 Å². The lowest BCUT2D eigenvalue weighted by molar-refractivity contribution is -0.384. The van der Waals surface area contributed by atoms with Crippen LogP contribution in [-0.2, 0) is 4.74 Å². The Labute approximate surface area is 149 Å². The lowest BCUT2D eigenvalue weighted by atomic mass is 10.1. The molecule has 0 heterocycles. The van der Waals surface area contributed by atoms with Crippen LogP contribution in [0, 0.1) is 10.1 Å². The van der Waals surface area contributed by atoms with Crippen molar-refractivity contribution >= 4 is 17.4 Å². The fourth-order valence-corrected chi connectivity index (χ4v) is 2.16. The van der Waals surface area contributed by atoms with Gasteiger partial charge >= 0.3 is 5.97 Å². The van der Waals surface area contributed by atoms with Crippen LogP contribution in [0.15, 0.2) is 42.5 Å². The summed E-state index contributed by atoms with van der Waals surface area (Å²) in [6.07, 6.45) is 0. The fraction of sp³-hybridized carbons (Fsp3) is 0.222. The van der Waals surface area contributed by atoms with Gasteiger partial charge < -0.3 is 14.2 Å². The average molecular weight is 359 g/mol. The fourth-order valence-electron chi connectivity index (χ4n) is 2.16. The van der Waals surface area contributed by atoms with Crippen molar-refractivity contribution < 1.29 is 28.7 Å². The zero-order valence-electron chi connectivity index (χ0n) is 14.3. The molecule has 136 valence electrons. The van der Waals surface area contributed by atoms with Gasteiger partial charge in [0.2, 0.25) is 0 Å². The van der Waals surface area contributed by atoms with Gasteiger partial charge in [-0.05, 0) is 37.3 Å². The molecule has 2 aromatic rings. The Morgan fingerprint density at radius 1 is 1.12 bits per heavy atom. The van der Waals surface area contributed by atoms with E-state index in [4.69, 9.17) is 14.2 Å². The summed E-state index contributed by atoms with van der Waals surface area (Å²) >= 11 is 0. The second-order valence-electron chi connectivity index (χ2n) is 5.10. The third kappa shape index (κ3) is 4.56. The Morgan fingerprint density at radius 2 is 1.81 bits per heavy atom. The van der Waals surface area contributed by atoms with Crippen molar-refractivity contribution in [2.45, 2.75) is 6.92 Å². The van der Waals surface area contributed by atoms with Crippen molar-refractivity contribution in [3.63, 3.8) is 0 Å². The number of carbonyl (C=O) groups is 2. The number of methoxy groups -OCH3 is 1. The van der Waals surface area contributed by atoms with E-state index in [-0.39, 0.29) is 17.0 Å². The van der Waals surface area contributed by atoms with Crippen LogP contribution in [0.2, 0.25) is 0 Å². The first-order valence-electron chi connectivity index (χ1n) is 7.72. The van der Waals surface area contributed by atoms with Crippen molar-refractivity contribution in [2.24, 2.45) is 0 Å². The summed E-state index contributed by atoms with van der Waals surface area (Å²) in [6.45, 7) is 1.86. The molecule has 0 atom stereocenters. The lowest BCUT2D eigenvalue weighted by Gasteiger charge is -2.09. The minimum Gasteiger partial charge on any atom is -0.496 e. The van der Waals surface area contributed by atoms with Crippen molar-refractivity contribution in [3.8, 4) is 11.5 Å². The van der Waals surface area contributed by atoms with E-state index >= 15 is 0 Å². The van der Waals surface area contributed by atoms with Crippen LogP contribution in [0.3, 0.4) is 0 Å². The first-order valence-corrected chi connectivity index (χ1v) is 7.72. The molecule has 8 heteroatoms. The molecule has 0 amide bonds. The maximum absolute atomic E-state index is 12.2. The molecule has 0 saturated heterocycles. The number of nitrogens with zero attached hydrogens (tertiary/aromatic N) is 1. The van der Waals surface area contributed by atoms with Crippen LogP contribution in [0.4, 0.5) is 5.69 Å². The van der Waals surface area contributed by atoms with E-state index in [9.17, 15) is 19.7 Å². The predicted octanol–water partition coefficient (Wildman–Crippen LogP) is 3.04. The summed E-state index contributed by atoms with van der Waals surface area (Å²) in [5.74, 6) is -0.549. The Bertz CT molecular complexity index is 815. The van der Waals surface area contributed by atoms with E-state index in [1.54, 1.807) is 24.3 Å². The minimum atomic E-state index is -0.884. The Balaban J connectivity index is 2.07. The standard InChI is InChI=1S/C18H17NO7/c1-3-25-14-7-4-12(5-8-14)16(20)11-26-18(21)15-10-13(19(22)23)6-9-17(15)24-2/h4-10H,3,11H2,1-2H3. The van der Waals surface area contributed by atoms with Gasteiger partial charge in [-0.2, -0.15) is 0 Å². The number of hydrogen-bond acceptors (Lipinski definition) is 7. The van der Waals surface area contributed by atoms with E-state index in [1.165, 1.54) is 19.2 Å². The number of rotatable bonds is 8. The van der Waals surface area contributed by atoms with Gasteiger partial charge in [-0.25, -0.2) is 4.79 Å². The lowest BCUT2D eigenvalue weighted by Crippen LogP contribution is -2.15. The summed E-state index contributed by atoms with van der Waals surface area (Å²) in [5, 5.41) is 10.8. The third-order valence-electron chi connectivity index (χ3n) is 3.44. The molecule has 0 fully saturated rings. The number of nitro groups is 1. The van der Waals surface area contributed by atoms with Gasteiger partial charge in [-0.3, -0.25) is 14.9 Å². The maximum Gasteiger partial charge on any atom is 0.342 e. The number of ether oxygens (including phenoxy) is 3. The van der Waals surface area contributed by atoms with E-state index in [0.29, 0.717) is 17.9 Å². The van der Waals surface area contributed by atoms with Crippen LogP contribution in [0.25, 0.3) is 0 Å². The van der Waals surface area contributed by atoms with E-state index in [0.717, 1.165) is 6.07 Å². The second-order valence-corrected chi connectivity index (χ2v) is 5.10. The molecular formula is C18H17NO7. The van der Waals surface area contributed by atoms with Crippen molar-refractivity contribution in [1.29, 1.82) is 0 Å². The SMILES string of the molecule is CCOc1ccc(C(=O)COC(=O)c2cc([N+](=O)[O-])ccc2OC)cc1. The Kier molecular flexibility index (Phi) is 6.26. The zero-order chi connectivity index (χ0) is 19.1. The van der Waals surface area contributed by atoms with E-state index in [1.807, 2.05) is 6.92 Å². The number of ketones is 1. The highest BCUT2D eigenvalue weighted by Gasteiger charge is 2.20. The van der Waals surface area contributed by atoms with E-state index in [2.05, 4.69) is 0 Å². The molecule has 0 saturated carbocycles. The van der Waals surface area contributed by atoms with Gasteiger partial charge in [-0.15, -0.1) is 0 Å². The molecular weight excluding hydrogens is 342 g/mol. The third-order valence-corrected chi connectivity index (χ3v) is 3.44. The molecule has 0 aliphatic rings. The van der Waals surface area contributed by atoms with Gasteiger partial charge in [0, 0.05) is 17.7 Å². The van der Waals surface area contributed by atoms with Crippen molar-refractivity contribution in [3.05, 3.63) is 63.7 Å². The van der Waals surface area contributed by atoms with Crippen LogP contribution >= 0.6 is 0 Å². The summed E-state index contributed by atoms with van der Waals surface area (Å²) < 4.78 is 15.3. The molecule has 2 rings (SSSR count). The molecule has 0 aliphatic heterocycles. The molecule has 0 bridgehead atoms. The predicted molar refractivity (Wildman–Crippen MR) is 91.9 cm³/mol. The van der Waals surface area contributed by atoms with Gasteiger partial charge in [0.25, 0.3) is 5.69 Å². The maximum atomic E-state index is 12.2. The number of esters is 1. The molecule has 0 aromatic heterocycles.